The molecule has 1 unspecified atom stereocenters. The van der Waals surface area contributed by atoms with Crippen LogP contribution in [-0.2, 0) is 9.59 Å². The molecule has 1 aliphatic rings. The zero-order chi connectivity index (χ0) is 13.7. The van der Waals surface area contributed by atoms with E-state index in [1.807, 2.05) is 13.8 Å². The van der Waals surface area contributed by atoms with Crippen molar-refractivity contribution in [1.29, 1.82) is 0 Å². The van der Waals surface area contributed by atoms with Gasteiger partial charge >= 0.3 is 5.97 Å². The molecular weight excluding hydrogens is 234 g/mol. The lowest BCUT2D eigenvalue weighted by atomic mass is 9.99. The second kappa shape index (κ2) is 6.73. The van der Waals surface area contributed by atoms with E-state index in [9.17, 15) is 9.59 Å². The maximum absolute atomic E-state index is 12.0. The van der Waals surface area contributed by atoms with Crippen LogP contribution < -0.4 is 5.32 Å². The van der Waals surface area contributed by atoms with Crippen molar-refractivity contribution in [1.82, 2.24) is 5.32 Å². The van der Waals surface area contributed by atoms with Crippen LogP contribution in [0.25, 0.3) is 0 Å². The summed E-state index contributed by atoms with van der Waals surface area (Å²) in [6, 6.07) is -0.0358. The van der Waals surface area contributed by atoms with Gasteiger partial charge in [0.2, 0.25) is 5.91 Å². The molecule has 1 fully saturated rings. The molecule has 18 heavy (non-hydrogen) atoms. The first kappa shape index (κ1) is 15.0. The van der Waals surface area contributed by atoms with Gasteiger partial charge in [-0.15, -0.1) is 0 Å². The zero-order valence-corrected chi connectivity index (χ0v) is 11.1. The van der Waals surface area contributed by atoms with Crippen molar-refractivity contribution in [3.05, 3.63) is 0 Å². The van der Waals surface area contributed by atoms with E-state index in [0.717, 1.165) is 0 Å². The summed E-state index contributed by atoms with van der Waals surface area (Å²) < 4.78 is 0. The fraction of sp³-hybridized carbons (Fsp3) is 0.846. The number of amides is 1. The smallest absolute Gasteiger partial charge is 0.306 e. The third kappa shape index (κ3) is 3.98. The van der Waals surface area contributed by atoms with Crippen molar-refractivity contribution in [2.24, 2.45) is 17.8 Å². The van der Waals surface area contributed by atoms with Gasteiger partial charge in [0.25, 0.3) is 0 Å². The van der Waals surface area contributed by atoms with Crippen molar-refractivity contribution in [3.8, 4) is 0 Å². The van der Waals surface area contributed by atoms with E-state index in [0.29, 0.717) is 25.7 Å². The molecule has 3 atom stereocenters. The van der Waals surface area contributed by atoms with Gasteiger partial charge in [-0.25, -0.2) is 0 Å². The van der Waals surface area contributed by atoms with Gasteiger partial charge in [-0.3, -0.25) is 9.59 Å². The molecule has 0 heterocycles. The Bertz CT molecular complexity index is 303. The minimum absolute atomic E-state index is 0.0358. The number of hydrogen-bond donors (Lipinski definition) is 3. The molecule has 0 aromatic rings. The summed E-state index contributed by atoms with van der Waals surface area (Å²) >= 11 is 0. The molecule has 104 valence electrons. The van der Waals surface area contributed by atoms with E-state index in [2.05, 4.69) is 5.32 Å². The SMILES string of the molecule is CC(C)C(CCO)NC(=O)[C@@H]1CC[C@H](C(=O)O)C1. The average molecular weight is 257 g/mol. The highest BCUT2D eigenvalue weighted by Gasteiger charge is 2.34. The summed E-state index contributed by atoms with van der Waals surface area (Å²) in [5.41, 5.74) is 0. The van der Waals surface area contributed by atoms with E-state index in [4.69, 9.17) is 10.2 Å². The third-order valence-electron chi connectivity index (χ3n) is 3.73. The van der Waals surface area contributed by atoms with Crippen LogP contribution in [0.4, 0.5) is 0 Å². The van der Waals surface area contributed by atoms with Crippen LogP contribution in [-0.4, -0.2) is 34.7 Å². The highest BCUT2D eigenvalue weighted by atomic mass is 16.4. The molecule has 0 aliphatic heterocycles. The van der Waals surface area contributed by atoms with Gasteiger partial charge in [-0.2, -0.15) is 0 Å². The highest BCUT2D eigenvalue weighted by Crippen LogP contribution is 2.31. The lowest BCUT2D eigenvalue weighted by molar-refractivity contribution is -0.141. The molecule has 5 heteroatoms. The third-order valence-corrected chi connectivity index (χ3v) is 3.73. The molecule has 0 radical (unpaired) electrons. The lowest BCUT2D eigenvalue weighted by Gasteiger charge is -2.23. The minimum atomic E-state index is -0.805. The van der Waals surface area contributed by atoms with Crippen molar-refractivity contribution in [2.45, 2.75) is 45.6 Å². The van der Waals surface area contributed by atoms with Crippen LogP contribution in [0.5, 0.6) is 0 Å². The Hall–Kier alpha value is -1.10. The van der Waals surface area contributed by atoms with E-state index in [1.54, 1.807) is 0 Å². The first-order valence-electron chi connectivity index (χ1n) is 6.59. The number of rotatable bonds is 6. The topological polar surface area (TPSA) is 86.6 Å². The normalized spacial score (nSPS) is 25.1. The van der Waals surface area contributed by atoms with Crippen molar-refractivity contribution >= 4 is 11.9 Å². The van der Waals surface area contributed by atoms with Crippen molar-refractivity contribution in [2.75, 3.05) is 6.61 Å². The van der Waals surface area contributed by atoms with Gasteiger partial charge in [-0.05, 0) is 31.6 Å². The van der Waals surface area contributed by atoms with E-state index in [1.165, 1.54) is 0 Å². The number of nitrogens with one attached hydrogen (secondary N) is 1. The van der Waals surface area contributed by atoms with E-state index in [-0.39, 0.29) is 36.3 Å². The minimum Gasteiger partial charge on any atom is -0.481 e. The predicted octanol–water partition coefficient (Wildman–Crippen LogP) is 1.01. The number of carboxylic acid groups (broad SMARTS) is 1. The maximum atomic E-state index is 12.0. The van der Waals surface area contributed by atoms with Gasteiger partial charge in [0.05, 0.1) is 5.92 Å². The second-order valence-electron chi connectivity index (χ2n) is 5.42. The summed E-state index contributed by atoms with van der Waals surface area (Å²) in [5.74, 6) is -1.17. The molecule has 1 rings (SSSR count). The lowest BCUT2D eigenvalue weighted by Crippen LogP contribution is -2.42. The van der Waals surface area contributed by atoms with Crippen LogP contribution in [0.15, 0.2) is 0 Å². The maximum Gasteiger partial charge on any atom is 0.306 e. The van der Waals surface area contributed by atoms with E-state index < -0.39 is 5.97 Å². The number of hydrogen-bond acceptors (Lipinski definition) is 3. The standard InChI is InChI=1S/C13H23NO4/c1-8(2)11(5-6-15)14-12(16)9-3-4-10(7-9)13(17)18/h8-11,15H,3-7H2,1-2H3,(H,14,16)(H,17,18)/t9-,10+,11?/m1/s1. The first-order valence-corrected chi connectivity index (χ1v) is 6.59. The summed E-state index contributed by atoms with van der Waals surface area (Å²) in [5, 5.41) is 20.8. The fourth-order valence-corrected chi connectivity index (χ4v) is 2.46. The summed E-state index contributed by atoms with van der Waals surface area (Å²) in [6.07, 6.45) is 2.20. The summed E-state index contributed by atoms with van der Waals surface area (Å²) in [4.78, 5) is 22.9. The Morgan fingerprint density at radius 1 is 1.28 bits per heavy atom. The Balaban J connectivity index is 2.47. The quantitative estimate of drug-likeness (QED) is 0.663. The molecule has 0 saturated heterocycles. The Morgan fingerprint density at radius 2 is 1.89 bits per heavy atom. The molecule has 0 aromatic carbocycles. The summed E-state index contributed by atoms with van der Waals surface area (Å²) in [7, 11) is 0. The van der Waals surface area contributed by atoms with Crippen molar-refractivity contribution < 1.29 is 19.8 Å². The van der Waals surface area contributed by atoms with Crippen LogP contribution in [0.3, 0.4) is 0 Å². The van der Waals surface area contributed by atoms with Crippen LogP contribution in [0.2, 0.25) is 0 Å². The molecule has 0 spiro atoms. The zero-order valence-electron chi connectivity index (χ0n) is 11.1. The predicted molar refractivity (Wildman–Crippen MR) is 66.9 cm³/mol. The number of aliphatic hydroxyl groups is 1. The number of aliphatic carboxylic acids is 1. The van der Waals surface area contributed by atoms with Crippen LogP contribution in [0, 0.1) is 17.8 Å². The molecule has 3 N–H and O–H groups in total. The molecular formula is C13H23NO4. The molecule has 5 nitrogen and oxygen atoms in total. The number of carbonyl (C=O) groups is 2. The van der Waals surface area contributed by atoms with Crippen molar-refractivity contribution in [3.63, 3.8) is 0 Å². The summed E-state index contributed by atoms with van der Waals surface area (Å²) in [6.45, 7) is 4.04. The van der Waals surface area contributed by atoms with Gasteiger partial charge in [0.15, 0.2) is 0 Å². The van der Waals surface area contributed by atoms with Gasteiger partial charge in [-0.1, -0.05) is 13.8 Å². The molecule has 0 aromatic heterocycles. The van der Waals surface area contributed by atoms with Gasteiger partial charge < -0.3 is 15.5 Å². The first-order chi connectivity index (χ1) is 8.45. The monoisotopic (exact) mass is 257 g/mol. The Kier molecular flexibility index (Phi) is 5.59. The number of carboxylic acids is 1. The van der Waals surface area contributed by atoms with Crippen LogP contribution >= 0.6 is 0 Å². The molecule has 0 bridgehead atoms. The molecule has 1 aliphatic carbocycles. The Labute approximate surface area is 108 Å². The molecule has 1 amide bonds. The highest BCUT2D eigenvalue weighted by molar-refractivity contribution is 5.81. The largest absolute Gasteiger partial charge is 0.481 e. The number of aliphatic hydroxyl groups excluding tert-OH is 1. The number of carbonyl (C=O) groups excluding carboxylic acids is 1. The molecule has 1 saturated carbocycles. The van der Waals surface area contributed by atoms with Gasteiger partial charge in [0.1, 0.15) is 0 Å². The Morgan fingerprint density at radius 3 is 2.33 bits per heavy atom. The fourth-order valence-electron chi connectivity index (χ4n) is 2.46. The average Bonchev–Trinajstić information content (AvgIpc) is 2.77. The van der Waals surface area contributed by atoms with Crippen LogP contribution in [0.1, 0.15) is 39.5 Å². The second-order valence-corrected chi connectivity index (χ2v) is 5.42. The van der Waals surface area contributed by atoms with Gasteiger partial charge in [0, 0.05) is 18.6 Å². The van der Waals surface area contributed by atoms with E-state index >= 15 is 0 Å².